The molecule has 0 aliphatic carbocycles. The number of amides is 1. The number of hydrogen-bond donors (Lipinski definition) is 1. The Kier molecular flexibility index (Phi) is 4.24. The number of nitrogens with zero attached hydrogens (tertiary/aromatic N) is 3. The fourth-order valence-electron chi connectivity index (χ4n) is 3.23. The van der Waals surface area contributed by atoms with Crippen molar-refractivity contribution in [1.82, 2.24) is 9.88 Å². The zero-order valence-corrected chi connectivity index (χ0v) is 14.8. The van der Waals surface area contributed by atoms with Gasteiger partial charge >= 0.3 is 0 Å². The summed E-state index contributed by atoms with van der Waals surface area (Å²) in [5.74, 6) is 0.141. The van der Waals surface area contributed by atoms with Crippen LogP contribution in [-0.2, 0) is 11.2 Å². The van der Waals surface area contributed by atoms with Gasteiger partial charge in [0.2, 0.25) is 5.91 Å². The Bertz CT molecular complexity index is 925. The molecule has 0 radical (unpaired) electrons. The second-order valence-corrected chi connectivity index (χ2v) is 6.75. The van der Waals surface area contributed by atoms with Gasteiger partial charge in [0.25, 0.3) is 6.01 Å². The molecule has 0 bridgehead atoms. The van der Waals surface area contributed by atoms with Crippen molar-refractivity contribution in [3.05, 3.63) is 53.6 Å². The van der Waals surface area contributed by atoms with E-state index in [0.717, 1.165) is 35.3 Å². The Balaban J connectivity index is 1.38. The van der Waals surface area contributed by atoms with Crippen LogP contribution < -0.4 is 10.6 Å². The highest BCUT2D eigenvalue weighted by Gasteiger charge is 2.24. The molecule has 26 heavy (non-hydrogen) atoms. The topological polar surface area (TPSA) is 75.6 Å². The molecule has 1 aromatic heterocycles. The lowest BCUT2D eigenvalue weighted by Crippen LogP contribution is -2.49. The van der Waals surface area contributed by atoms with Crippen LogP contribution in [0.4, 0.5) is 11.7 Å². The van der Waals surface area contributed by atoms with E-state index < -0.39 is 0 Å². The summed E-state index contributed by atoms with van der Waals surface area (Å²) < 4.78 is 5.86. The van der Waals surface area contributed by atoms with E-state index in [1.54, 1.807) is 0 Å². The number of nitrogens with two attached hydrogens (primary N) is 1. The highest BCUT2D eigenvalue weighted by atomic mass is 16.4. The fraction of sp³-hybridized carbons (Fsp3) is 0.300. The summed E-state index contributed by atoms with van der Waals surface area (Å²) in [5.41, 5.74) is 10.2. The summed E-state index contributed by atoms with van der Waals surface area (Å²) in [4.78, 5) is 21.1. The van der Waals surface area contributed by atoms with E-state index >= 15 is 0 Å². The van der Waals surface area contributed by atoms with Crippen LogP contribution in [0.2, 0.25) is 0 Å². The van der Waals surface area contributed by atoms with Gasteiger partial charge in [-0.25, -0.2) is 0 Å². The number of benzene rings is 2. The Hall–Kier alpha value is -3.02. The van der Waals surface area contributed by atoms with Gasteiger partial charge in [-0.15, -0.1) is 0 Å². The monoisotopic (exact) mass is 350 g/mol. The Labute approximate surface area is 152 Å². The second kappa shape index (κ2) is 6.71. The molecule has 0 saturated carbocycles. The van der Waals surface area contributed by atoms with Crippen LogP contribution in [0.15, 0.2) is 46.9 Å². The molecule has 4 rings (SSSR count). The van der Waals surface area contributed by atoms with Crippen LogP contribution >= 0.6 is 0 Å². The Morgan fingerprint density at radius 1 is 1.12 bits per heavy atom. The summed E-state index contributed by atoms with van der Waals surface area (Å²) in [5, 5.41) is 0. The van der Waals surface area contributed by atoms with Crippen LogP contribution in [0.1, 0.15) is 11.1 Å². The molecule has 1 aliphatic rings. The van der Waals surface area contributed by atoms with Gasteiger partial charge in [-0.05, 0) is 42.3 Å². The molecule has 1 aliphatic heterocycles. The molecule has 1 fully saturated rings. The molecular weight excluding hydrogens is 328 g/mol. The van der Waals surface area contributed by atoms with Crippen molar-refractivity contribution in [2.45, 2.75) is 13.3 Å². The van der Waals surface area contributed by atoms with Crippen molar-refractivity contribution >= 4 is 28.7 Å². The number of aromatic nitrogens is 1. The number of carbonyl (C=O) groups excluding carboxylic acids is 1. The maximum Gasteiger partial charge on any atom is 0.298 e. The molecule has 1 saturated heterocycles. The number of oxazole rings is 1. The van der Waals surface area contributed by atoms with Crippen molar-refractivity contribution in [3.63, 3.8) is 0 Å². The standard InChI is InChI=1S/C20H22N4O2/c1-14-2-7-18-17(12-14)22-20(26-18)24-10-8-23(9-11-24)19(25)13-15-3-5-16(21)6-4-15/h2-7,12H,8-11,13,21H2,1H3. The lowest BCUT2D eigenvalue weighted by atomic mass is 10.1. The molecule has 6 heteroatoms. The van der Waals surface area contributed by atoms with Gasteiger partial charge in [-0.2, -0.15) is 4.98 Å². The SMILES string of the molecule is Cc1ccc2oc(N3CCN(C(=O)Cc4ccc(N)cc4)CC3)nc2c1. The maximum atomic E-state index is 12.5. The zero-order valence-electron chi connectivity index (χ0n) is 14.8. The van der Waals surface area contributed by atoms with E-state index in [9.17, 15) is 4.79 Å². The van der Waals surface area contributed by atoms with Crippen molar-refractivity contribution < 1.29 is 9.21 Å². The van der Waals surface area contributed by atoms with Gasteiger partial charge in [0, 0.05) is 31.9 Å². The maximum absolute atomic E-state index is 12.5. The van der Waals surface area contributed by atoms with Crippen molar-refractivity contribution in [3.8, 4) is 0 Å². The number of piperazine rings is 1. The number of anilines is 2. The first kappa shape index (κ1) is 16.4. The highest BCUT2D eigenvalue weighted by Crippen LogP contribution is 2.23. The molecule has 3 aromatic rings. The highest BCUT2D eigenvalue weighted by molar-refractivity contribution is 5.79. The predicted octanol–water partition coefficient (Wildman–Crippen LogP) is 2.61. The first-order valence-electron chi connectivity index (χ1n) is 8.83. The average Bonchev–Trinajstić information content (AvgIpc) is 3.07. The van der Waals surface area contributed by atoms with Crippen LogP contribution in [0.25, 0.3) is 11.1 Å². The summed E-state index contributed by atoms with van der Waals surface area (Å²) >= 11 is 0. The predicted molar refractivity (Wildman–Crippen MR) is 102 cm³/mol. The number of fused-ring (bicyclic) bond motifs is 1. The van der Waals surface area contributed by atoms with Crippen molar-refractivity contribution in [2.24, 2.45) is 0 Å². The van der Waals surface area contributed by atoms with Crippen LogP contribution in [0, 0.1) is 6.92 Å². The third-order valence-corrected chi connectivity index (χ3v) is 4.77. The number of carbonyl (C=O) groups is 1. The van der Waals surface area contributed by atoms with E-state index in [2.05, 4.69) is 9.88 Å². The first-order chi connectivity index (χ1) is 12.6. The van der Waals surface area contributed by atoms with Crippen LogP contribution in [0.3, 0.4) is 0 Å². The zero-order chi connectivity index (χ0) is 18.1. The minimum Gasteiger partial charge on any atom is -0.423 e. The van der Waals surface area contributed by atoms with Gasteiger partial charge in [-0.3, -0.25) is 4.79 Å². The quantitative estimate of drug-likeness (QED) is 0.735. The smallest absolute Gasteiger partial charge is 0.298 e. The van der Waals surface area contributed by atoms with E-state index in [0.29, 0.717) is 31.2 Å². The summed E-state index contributed by atoms with van der Waals surface area (Å²) in [6, 6.07) is 14.1. The van der Waals surface area contributed by atoms with Gasteiger partial charge in [-0.1, -0.05) is 18.2 Å². The van der Waals surface area contributed by atoms with E-state index in [4.69, 9.17) is 10.2 Å². The fourth-order valence-corrected chi connectivity index (χ4v) is 3.23. The first-order valence-corrected chi connectivity index (χ1v) is 8.83. The normalized spacial score (nSPS) is 14.8. The molecule has 2 aromatic carbocycles. The Morgan fingerprint density at radius 3 is 2.58 bits per heavy atom. The van der Waals surface area contributed by atoms with Crippen molar-refractivity contribution in [2.75, 3.05) is 36.8 Å². The number of nitrogen functional groups attached to an aromatic ring is 1. The van der Waals surface area contributed by atoms with E-state index in [-0.39, 0.29) is 5.91 Å². The summed E-state index contributed by atoms with van der Waals surface area (Å²) in [6.07, 6.45) is 0.405. The molecule has 6 nitrogen and oxygen atoms in total. The molecule has 0 spiro atoms. The summed E-state index contributed by atoms with van der Waals surface area (Å²) in [6.45, 7) is 4.83. The molecule has 2 N–H and O–H groups in total. The summed E-state index contributed by atoms with van der Waals surface area (Å²) in [7, 11) is 0. The number of aryl methyl sites for hydroxylation is 1. The molecule has 0 atom stereocenters. The largest absolute Gasteiger partial charge is 0.423 e. The van der Waals surface area contributed by atoms with Gasteiger partial charge in [0.15, 0.2) is 5.58 Å². The average molecular weight is 350 g/mol. The minimum atomic E-state index is 0.141. The molecule has 1 amide bonds. The third kappa shape index (κ3) is 3.35. The molecule has 2 heterocycles. The number of hydrogen-bond acceptors (Lipinski definition) is 5. The van der Waals surface area contributed by atoms with Gasteiger partial charge < -0.3 is 20.0 Å². The molecule has 134 valence electrons. The minimum absolute atomic E-state index is 0.141. The molecule has 0 unspecified atom stereocenters. The van der Waals surface area contributed by atoms with E-state index in [1.807, 2.05) is 54.3 Å². The third-order valence-electron chi connectivity index (χ3n) is 4.77. The lowest BCUT2D eigenvalue weighted by molar-refractivity contribution is -0.130. The second-order valence-electron chi connectivity index (χ2n) is 6.75. The van der Waals surface area contributed by atoms with Gasteiger partial charge in [0.1, 0.15) is 5.52 Å². The van der Waals surface area contributed by atoms with Gasteiger partial charge in [0.05, 0.1) is 6.42 Å². The Morgan fingerprint density at radius 2 is 1.85 bits per heavy atom. The lowest BCUT2D eigenvalue weighted by Gasteiger charge is -2.33. The van der Waals surface area contributed by atoms with Crippen molar-refractivity contribution in [1.29, 1.82) is 0 Å². The van der Waals surface area contributed by atoms with Crippen LogP contribution in [-0.4, -0.2) is 42.0 Å². The van der Waals surface area contributed by atoms with E-state index in [1.165, 1.54) is 0 Å². The van der Waals surface area contributed by atoms with Crippen LogP contribution in [0.5, 0.6) is 0 Å². The number of rotatable bonds is 3. The molecular formula is C20H22N4O2.